The Morgan fingerprint density at radius 3 is 3.07 bits per heavy atom. The smallest absolute Gasteiger partial charge is 0.0514 e. The standard InChI is InChI=1S/C11H18N2S/c1-3-12-10-5-4-9(7-10)11-6-8(2)13-14-11/h6,9-10,12H,3-5,7H2,1-2H3. The van der Waals surface area contributed by atoms with Gasteiger partial charge in [0.1, 0.15) is 0 Å². The fraction of sp³-hybridized carbons (Fsp3) is 0.727. The molecule has 1 aliphatic carbocycles. The molecule has 2 rings (SSSR count). The van der Waals surface area contributed by atoms with Gasteiger partial charge in [0.25, 0.3) is 0 Å². The SMILES string of the molecule is CCNC1CCC(c2cc(C)ns2)C1. The molecule has 1 heterocycles. The molecule has 2 nitrogen and oxygen atoms in total. The minimum absolute atomic E-state index is 0.743. The van der Waals surface area contributed by atoms with Crippen LogP contribution >= 0.6 is 11.5 Å². The van der Waals surface area contributed by atoms with E-state index >= 15 is 0 Å². The molecule has 2 atom stereocenters. The second kappa shape index (κ2) is 4.41. The van der Waals surface area contributed by atoms with Crippen LogP contribution < -0.4 is 5.32 Å². The van der Waals surface area contributed by atoms with E-state index in [-0.39, 0.29) is 0 Å². The number of nitrogens with zero attached hydrogens (tertiary/aromatic N) is 1. The second-order valence-corrected chi connectivity index (χ2v) is 4.97. The van der Waals surface area contributed by atoms with Crippen LogP contribution in [0.5, 0.6) is 0 Å². The van der Waals surface area contributed by atoms with E-state index in [1.807, 2.05) is 0 Å². The maximum atomic E-state index is 4.35. The zero-order valence-electron chi connectivity index (χ0n) is 8.92. The van der Waals surface area contributed by atoms with Gasteiger partial charge in [-0.3, -0.25) is 0 Å². The van der Waals surface area contributed by atoms with Gasteiger partial charge in [-0.2, -0.15) is 4.37 Å². The van der Waals surface area contributed by atoms with Crippen molar-refractivity contribution < 1.29 is 0 Å². The summed E-state index contributed by atoms with van der Waals surface area (Å²) in [6, 6.07) is 3.00. The van der Waals surface area contributed by atoms with Crippen molar-refractivity contribution >= 4 is 11.5 Å². The van der Waals surface area contributed by atoms with Gasteiger partial charge in [0, 0.05) is 10.9 Å². The third-order valence-corrected chi connectivity index (χ3v) is 4.02. The van der Waals surface area contributed by atoms with Crippen molar-refractivity contribution in [2.45, 2.75) is 45.1 Å². The second-order valence-electron chi connectivity index (χ2n) is 4.14. The van der Waals surface area contributed by atoms with Crippen molar-refractivity contribution in [1.29, 1.82) is 0 Å². The number of hydrogen-bond donors (Lipinski definition) is 1. The van der Waals surface area contributed by atoms with Crippen LogP contribution in [0.15, 0.2) is 6.07 Å². The van der Waals surface area contributed by atoms with E-state index in [0.29, 0.717) is 0 Å². The molecule has 1 aromatic rings. The van der Waals surface area contributed by atoms with Gasteiger partial charge in [-0.1, -0.05) is 6.92 Å². The minimum atomic E-state index is 0.743. The van der Waals surface area contributed by atoms with Gasteiger partial charge in [0.05, 0.1) is 5.69 Å². The molecule has 14 heavy (non-hydrogen) atoms. The van der Waals surface area contributed by atoms with Crippen LogP contribution in [0.1, 0.15) is 42.7 Å². The van der Waals surface area contributed by atoms with Crippen LogP contribution in [0.3, 0.4) is 0 Å². The highest BCUT2D eigenvalue weighted by Crippen LogP contribution is 2.36. The summed E-state index contributed by atoms with van der Waals surface area (Å²) in [6.45, 7) is 5.36. The number of hydrogen-bond acceptors (Lipinski definition) is 3. The first-order chi connectivity index (χ1) is 6.79. The van der Waals surface area contributed by atoms with Crippen LogP contribution in [-0.2, 0) is 0 Å². The molecule has 1 N–H and O–H groups in total. The summed E-state index contributed by atoms with van der Waals surface area (Å²) in [6.07, 6.45) is 3.96. The molecule has 0 radical (unpaired) electrons. The van der Waals surface area contributed by atoms with Crippen LogP contribution in [0.25, 0.3) is 0 Å². The molecule has 0 amide bonds. The Labute approximate surface area is 89.9 Å². The summed E-state index contributed by atoms with van der Waals surface area (Å²) >= 11 is 1.69. The van der Waals surface area contributed by atoms with E-state index in [0.717, 1.165) is 18.5 Å². The molecular formula is C11H18N2S. The Bertz CT molecular complexity index is 295. The molecule has 1 fully saturated rings. The molecule has 0 spiro atoms. The minimum Gasteiger partial charge on any atom is -0.314 e. The zero-order valence-corrected chi connectivity index (χ0v) is 9.73. The largest absolute Gasteiger partial charge is 0.314 e. The van der Waals surface area contributed by atoms with Crippen LogP contribution in [0, 0.1) is 6.92 Å². The Balaban J connectivity index is 1.95. The lowest BCUT2D eigenvalue weighted by Crippen LogP contribution is -2.25. The first-order valence-corrected chi connectivity index (χ1v) is 6.23. The fourth-order valence-electron chi connectivity index (χ4n) is 2.29. The molecule has 1 aromatic heterocycles. The summed E-state index contributed by atoms with van der Waals surface area (Å²) in [5.41, 5.74) is 1.18. The monoisotopic (exact) mass is 210 g/mol. The molecular weight excluding hydrogens is 192 g/mol. The molecule has 1 aliphatic rings. The van der Waals surface area contributed by atoms with E-state index < -0.39 is 0 Å². The number of nitrogens with one attached hydrogen (secondary N) is 1. The Hall–Kier alpha value is -0.410. The van der Waals surface area contributed by atoms with E-state index in [4.69, 9.17) is 0 Å². The number of aromatic nitrogens is 1. The van der Waals surface area contributed by atoms with Crippen molar-refractivity contribution in [3.63, 3.8) is 0 Å². The summed E-state index contributed by atoms with van der Waals surface area (Å²) < 4.78 is 4.35. The Morgan fingerprint density at radius 2 is 2.43 bits per heavy atom. The predicted octanol–water partition coefficient (Wildman–Crippen LogP) is 2.70. The third kappa shape index (κ3) is 2.15. The van der Waals surface area contributed by atoms with Gasteiger partial charge in [-0.25, -0.2) is 0 Å². The fourth-order valence-corrected chi connectivity index (χ4v) is 3.18. The lowest BCUT2D eigenvalue weighted by atomic mass is 10.1. The highest BCUT2D eigenvalue weighted by atomic mass is 32.1. The van der Waals surface area contributed by atoms with Gasteiger partial charge in [0.15, 0.2) is 0 Å². The number of rotatable bonds is 3. The lowest BCUT2D eigenvalue weighted by molar-refractivity contribution is 0.536. The van der Waals surface area contributed by atoms with Crippen molar-refractivity contribution in [2.75, 3.05) is 6.54 Å². The van der Waals surface area contributed by atoms with Crippen molar-refractivity contribution in [1.82, 2.24) is 9.69 Å². The van der Waals surface area contributed by atoms with Gasteiger partial charge < -0.3 is 5.32 Å². The van der Waals surface area contributed by atoms with Crippen LogP contribution in [0.2, 0.25) is 0 Å². The predicted molar refractivity (Wildman–Crippen MR) is 60.9 cm³/mol. The summed E-state index contributed by atoms with van der Waals surface area (Å²) in [4.78, 5) is 1.49. The summed E-state index contributed by atoms with van der Waals surface area (Å²) in [5, 5.41) is 3.54. The average Bonchev–Trinajstić information content (AvgIpc) is 2.74. The van der Waals surface area contributed by atoms with Gasteiger partial charge in [-0.05, 0) is 56.2 Å². The van der Waals surface area contributed by atoms with Crippen molar-refractivity contribution in [2.24, 2.45) is 0 Å². The van der Waals surface area contributed by atoms with E-state index in [1.165, 1.54) is 29.8 Å². The van der Waals surface area contributed by atoms with E-state index in [1.54, 1.807) is 11.5 Å². The first kappa shape index (κ1) is 10.1. The molecule has 0 saturated heterocycles. The average molecular weight is 210 g/mol. The molecule has 2 unspecified atom stereocenters. The summed E-state index contributed by atoms with van der Waals surface area (Å²) in [7, 11) is 0. The Morgan fingerprint density at radius 1 is 1.57 bits per heavy atom. The molecule has 0 aromatic carbocycles. The highest BCUT2D eigenvalue weighted by Gasteiger charge is 2.26. The quantitative estimate of drug-likeness (QED) is 0.829. The Kier molecular flexibility index (Phi) is 3.19. The maximum absolute atomic E-state index is 4.35. The highest BCUT2D eigenvalue weighted by molar-refractivity contribution is 7.05. The van der Waals surface area contributed by atoms with Crippen LogP contribution in [0.4, 0.5) is 0 Å². The van der Waals surface area contributed by atoms with E-state index in [9.17, 15) is 0 Å². The summed E-state index contributed by atoms with van der Waals surface area (Å²) in [5.74, 6) is 0.769. The lowest BCUT2D eigenvalue weighted by Gasteiger charge is -2.10. The normalized spacial score (nSPS) is 27.0. The molecule has 0 bridgehead atoms. The molecule has 1 saturated carbocycles. The zero-order chi connectivity index (χ0) is 9.97. The van der Waals surface area contributed by atoms with Gasteiger partial charge in [0.2, 0.25) is 0 Å². The topological polar surface area (TPSA) is 24.9 Å². The molecule has 0 aliphatic heterocycles. The van der Waals surface area contributed by atoms with Crippen LogP contribution in [-0.4, -0.2) is 17.0 Å². The van der Waals surface area contributed by atoms with Crippen molar-refractivity contribution in [3.8, 4) is 0 Å². The van der Waals surface area contributed by atoms with E-state index in [2.05, 4.69) is 29.6 Å². The molecule has 3 heteroatoms. The first-order valence-electron chi connectivity index (χ1n) is 5.46. The maximum Gasteiger partial charge on any atom is 0.0514 e. The van der Waals surface area contributed by atoms with Gasteiger partial charge >= 0.3 is 0 Å². The third-order valence-electron chi connectivity index (χ3n) is 2.97. The van der Waals surface area contributed by atoms with Crippen molar-refractivity contribution in [3.05, 3.63) is 16.6 Å². The van der Waals surface area contributed by atoms with Gasteiger partial charge in [-0.15, -0.1) is 0 Å². The molecule has 78 valence electrons. The number of aryl methyl sites for hydroxylation is 1.